The maximum atomic E-state index is 12.8. The number of hydrogen-bond donors (Lipinski definition) is 2. The minimum Gasteiger partial charge on any atom is -0.351 e. The van der Waals surface area contributed by atoms with Crippen molar-refractivity contribution in [1.82, 2.24) is 29.4 Å². The Labute approximate surface area is 188 Å². The molecule has 1 aliphatic carbocycles. The molecule has 2 aliphatic rings. The normalized spacial score (nSPS) is 17.5. The highest BCUT2D eigenvalue weighted by molar-refractivity contribution is 7.88. The van der Waals surface area contributed by atoms with Gasteiger partial charge in [0.1, 0.15) is 0 Å². The van der Waals surface area contributed by atoms with Crippen molar-refractivity contribution >= 4 is 21.9 Å². The molecule has 2 aromatic heterocycles. The molecule has 0 atom stereocenters. The number of amides is 1. The molecule has 174 valence electrons. The van der Waals surface area contributed by atoms with E-state index in [1.807, 2.05) is 34.0 Å². The van der Waals surface area contributed by atoms with Gasteiger partial charge in [0, 0.05) is 43.5 Å². The fraction of sp³-hybridized carbons (Fsp3) is 0.619. The van der Waals surface area contributed by atoms with Gasteiger partial charge in [-0.2, -0.15) is 5.10 Å². The molecule has 1 fully saturated rings. The second-order valence-corrected chi connectivity index (χ2v) is 11.6. The highest BCUT2D eigenvalue weighted by Gasteiger charge is 2.31. The van der Waals surface area contributed by atoms with Gasteiger partial charge in [-0.3, -0.25) is 9.48 Å². The third kappa shape index (κ3) is 4.63. The molecule has 0 aromatic carbocycles. The molecule has 2 N–H and O–H groups in total. The van der Waals surface area contributed by atoms with Gasteiger partial charge in [0.25, 0.3) is 5.91 Å². The van der Waals surface area contributed by atoms with E-state index >= 15 is 0 Å². The molecule has 2 aromatic rings. The second-order valence-electron chi connectivity index (χ2n) is 9.65. The molecule has 1 saturated heterocycles. The number of nitrogens with one attached hydrogen (secondary N) is 2. The number of aryl methyl sites for hydroxylation is 2. The first kappa shape index (κ1) is 22.7. The molecular weight excluding hydrogens is 430 g/mol. The summed E-state index contributed by atoms with van der Waals surface area (Å²) in [5, 5.41) is 10.9. The molecule has 0 radical (unpaired) electrons. The van der Waals surface area contributed by atoms with Crippen molar-refractivity contribution in [3.63, 3.8) is 0 Å². The highest BCUT2D eigenvalue weighted by atomic mass is 32.2. The zero-order valence-electron chi connectivity index (χ0n) is 19.3. The predicted molar refractivity (Wildman–Crippen MR) is 122 cm³/mol. The van der Waals surface area contributed by atoms with E-state index in [0.29, 0.717) is 44.0 Å². The Kier molecular flexibility index (Phi) is 5.74. The molecule has 1 amide bonds. The number of carbonyl (C=O) groups excluding carboxylic acids is 1. The average Bonchev–Trinajstić information content (AvgIpc) is 3.04. The van der Waals surface area contributed by atoms with E-state index in [9.17, 15) is 13.2 Å². The first-order chi connectivity index (χ1) is 14.9. The Morgan fingerprint density at radius 3 is 2.50 bits per heavy atom. The monoisotopic (exact) mass is 461 g/mol. The van der Waals surface area contributed by atoms with Crippen LogP contribution in [0.4, 0.5) is 5.95 Å². The summed E-state index contributed by atoms with van der Waals surface area (Å²) in [6, 6.07) is 0.105. The molecule has 0 spiro atoms. The molecule has 11 heteroatoms. The number of aromatic nitrogens is 4. The van der Waals surface area contributed by atoms with Crippen molar-refractivity contribution in [2.24, 2.45) is 7.05 Å². The number of rotatable bonds is 4. The lowest BCUT2D eigenvalue weighted by molar-refractivity contribution is 0.0912. The fourth-order valence-corrected chi connectivity index (χ4v) is 5.20. The average molecular weight is 462 g/mol. The molecule has 0 unspecified atom stereocenters. The second kappa shape index (κ2) is 8.11. The Morgan fingerprint density at radius 2 is 1.88 bits per heavy atom. The molecule has 10 nitrogen and oxygen atoms in total. The number of hydrogen-bond acceptors (Lipinski definition) is 7. The number of nitrogens with zero attached hydrogens (tertiary/aromatic N) is 5. The quantitative estimate of drug-likeness (QED) is 0.704. The zero-order valence-corrected chi connectivity index (χ0v) is 20.1. The van der Waals surface area contributed by atoms with Gasteiger partial charge in [-0.1, -0.05) is 0 Å². The van der Waals surface area contributed by atoms with E-state index in [-0.39, 0.29) is 17.5 Å². The van der Waals surface area contributed by atoms with Crippen molar-refractivity contribution < 1.29 is 13.2 Å². The number of piperidine rings is 1. The van der Waals surface area contributed by atoms with Crippen LogP contribution < -0.4 is 10.6 Å². The van der Waals surface area contributed by atoms with Gasteiger partial charge in [0.15, 0.2) is 5.69 Å². The number of fused-ring (bicyclic) bond motifs is 3. The van der Waals surface area contributed by atoms with Crippen molar-refractivity contribution in [3.8, 4) is 11.4 Å². The van der Waals surface area contributed by atoms with Crippen LogP contribution in [0.15, 0.2) is 6.20 Å². The largest absolute Gasteiger partial charge is 0.351 e. The predicted octanol–water partition coefficient (Wildman–Crippen LogP) is 1.34. The van der Waals surface area contributed by atoms with Crippen molar-refractivity contribution in [2.75, 3.05) is 24.7 Å². The molecule has 0 bridgehead atoms. The van der Waals surface area contributed by atoms with E-state index in [4.69, 9.17) is 4.98 Å². The van der Waals surface area contributed by atoms with Gasteiger partial charge in [0.2, 0.25) is 16.0 Å². The molecule has 1 aliphatic heterocycles. The Hall–Kier alpha value is -2.53. The lowest BCUT2D eigenvalue weighted by Gasteiger charge is -2.30. The summed E-state index contributed by atoms with van der Waals surface area (Å²) in [6.07, 6.45) is 5.93. The standard InChI is InChI=1S/C21H31N7O3S/c1-21(2,3)25-19(29)17-15-7-6-13-12-22-20(24-16(13)18(15)27(4)26-17)23-14-8-10-28(11-9-14)32(5,30)31/h12,14H,6-11H2,1-5H3,(H,25,29)(H,22,23,24). The molecule has 0 saturated carbocycles. The van der Waals surface area contributed by atoms with Crippen LogP contribution in [0.5, 0.6) is 0 Å². The first-order valence-electron chi connectivity index (χ1n) is 10.9. The van der Waals surface area contributed by atoms with Gasteiger partial charge in [-0.15, -0.1) is 0 Å². The van der Waals surface area contributed by atoms with Crippen molar-refractivity contribution in [2.45, 2.75) is 58.0 Å². The summed E-state index contributed by atoms with van der Waals surface area (Å²) in [4.78, 5) is 22.1. The van der Waals surface area contributed by atoms with Crippen molar-refractivity contribution in [1.29, 1.82) is 0 Å². The number of carbonyl (C=O) groups is 1. The minimum absolute atomic E-state index is 0.105. The molecule has 32 heavy (non-hydrogen) atoms. The third-order valence-corrected chi connectivity index (χ3v) is 7.14. The Morgan fingerprint density at radius 1 is 1.19 bits per heavy atom. The zero-order chi connectivity index (χ0) is 23.3. The lowest BCUT2D eigenvalue weighted by atomic mass is 9.93. The number of anilines is 1. The molecule has 3 heterocycles. The minimum atomic E-state index is -3.16. The third-order valence-electron chi connectivity index (χ3n) is 5.84. The van der Waals surface area contributed by atoms with Gasteiger partial charge in [-0.05, 0) is 52.0 Å². The maximum Gasteiger partial charge on any atom is 0.272 e. The van der Waals surface area contributed by atoms with Gasteiger partial charge < -0.3 is 10.6 Å². The first-order valence-corrected chi connectivity index (χ1v) is 12.7. The van der Waals surface area contributed by atoms with Gasteiger partial charge in [-0.25, -0.2) is 22.7 Å². The summed E-state index contributed by atoms with van der Waals surface area (Å²) >= 11 is 0. The van der Waals surface area contributed by atoms with E-state index in [0.717, 1.165) is 28.9 Å². The van der Waals surface area contributed by atoms with Crippen LogP contribution in [-0.2, 0) is 29.9 Å². The van der Waals surface area contributed by atoms with Crippen LogP contribution in [-0.4, -0.2) is 69.3 Å². The van der Waals surface area contributed by atoms with Crippen LogP contribution in [0, 0.1) is 0 Å². The van der Waals surface area contributed by atoms with Gasteiger partial charge in [0.05, 0.1) is 17.6 Å². The summed E-state index contributed by atoms with van der Waals surface area (Å²) in [5.41, 5.74) is 3.68. The summed E-state index contributed by atoms with van der Waals surface area (Å²) in [7, 11) is -1.33. The van der Waals surface area contributed by atoms with Crippen LogP contribution in [0.25, 0.3) is 11.4 Å². The van der Waals surface area contributed by atoms with Crippen LogP contribution >= 0.6 is 0 Å². The maximum absolute atomic E-state index is 12.8. The Bertz CT molecular complexity index is 1140. The summed E-state index contributed by atoms with van der Waals surface area (Å²) in [5.74, 6) is 0.333. The van der Waals surface area contributed by atoms with Crippen LogP contribution in [0.1, 0.15) is 55.2 Å². The van der Waals surface area contributed by atoms with E-state index in [2.05, 4.69) is 20.7 Å². The van der Waals surface area contributed by atoms with E-state index in [1.165, 1.54) is 10.6 Å². The van der Waals surface area contributed by atoms with Crippen molar-refractivity contribution in [3.05, 3.63) is 23.0 Å². The van der Waals surface area contributed by atoms with Crippen LogP contribution in [0.2, 0.25) is 0 Å². The molecule has 4 rings (SSSR count). The topological polar surface area (TPSA) is 122 Å². The molecular formula is C21H31N7O3S. The van der Waals surface area contributed by atoms with E-state index < -0.39 is 10.0 Å². The summed E-state index contributed by atoms with van der Waals surface area (Å²) in [6.45, 7) is 6.81. The smallest absolute Gasteiger partial charge is 0.272 e. The number of sulfonamides is 1. The van der Waals surface area contributed by atoms with Crippen LogP contribution in [0.3, 0.4) is 0 Å². The summed E-state index contributed by atoms with van der Waals surface area (Å²) < 4.78 is 26.7. The van der Waals surface area contributed by atoms with E-state index in [1.54, 1.807) is 4.68 Å². The highest BCUT2D eigenvalue weighted by Crippen LogP contribution is 2.34. The fourth-order valence-electron chi connectivity index (χ4n) is 4.32. The lowest BCUT2D eigenvalue weighted by Crippen LogP contribution is -2.42. The SMILES string of the molecule is Cn1nc(C(=O)NC(C)(C)C)c2c1-c1nc(NC3CCN(S(C)(=O)=O)CC3)ncc1CC2. The Balaban J connectivity index is 1.56. The van der Waals surface area contributed by atoms with Gasteiger partial charge >= 0.3 is 0 Å².